The van der Waals surface area contributed by atoms with Crippen molar-refractivity contribution in [3.63, 3.8) is 0 Å². The Kier molecular flexibility index (Phi) is 4.03. The molecule has 0 saturated carbocycles. The largest absolute Gasteiger partial charge is 0.455 e. The quantitative estimate of drug-likeness (QED) is 0.849. The van der Waals surface area contributed by atoms with E-state index in [2.05, 4.69) is 20.0 Å². The molecule has 4 nitrogen and oxygen atoms in total. The van der Waals surface area contributed by atoms with Crippen LogP contribution in [0.15, 0.2) is 34.9 Å². The van der Waals surface area contributed by atoms with E-state index in [1.807, 2.05) is 30.3 Å². The van der Waals surface area contributed by atoms with Gasteiger partial charge in [-0.1, -0.05) is 23.4 Å². The average Bonchev–Trinajstić information content (AvgIpc) is 2.85. The fraction of sp³-hybridized carbons (Fsp3) is 0.333. The smallest absolute Gasteiger partial charge is 0.385 e. The van der Waals surface area contributed by atoms with Gasteiger partial charge in [-0.05, 0) is 18.6 Å². The van der Waals surface area contributed by atoms with Crippen molar-refractivity contribution >= 4 is 5.69 Å². The Balaban J connectivity index is 1.76. The van der Waals surface area contributed by atoms with Gasteiger partial charge >= 0.3 is 6.18 Å². The zero-order valence-corrected chi connectivity index (χ0v) is 9.94. The minimum atomic E-state index is -4.55. The van der Waals surface area contributed by atoms with E-state index in [1.165, 1.54) is 0 Å². The van der Waals surface area contributed by atoms with E-state index in [4.69, 9.17) is 0 Å². The van der Waals surface area contributed by atoms with Crippen LogP contribution in [0.1, 0.15) is 18.1 Å². The summed E-state index contributed by atoms with van der Waals surface area (Å²) in [5.41, 5.74) is 0.962. The molecule has 1 N–H and O–H groups in total. The first-order valence-corrected chi connectivity index (χ1v) is 5.74. The number of halogens is 3. The highest BCUT2D eigenvalue weighted by molar-refractivity contribution is 5.42. The summed E-state index contributed by atoms with van der Waals surface area (Å²) >= 11 is 0. The molecule has 0 unspecified atom stereocenters. The summed E-state index contributed by atoms with van der Waals surface area (Å²) in [6.07, 6.45) is -3.64. The third-order valence-electron chi connectivity index (χ3n) is 2.39. The molecule has 0 saturated heterocycles. The number of alkyl halides is 3. The lowest BCUT2D eigenvalue weighted by atomic mass is 10.3. The van der Waals surface area contributed by atoms with Crippen molar-refractivity contribution in [3.8, 4) is 0 Å². The summed E-state index contributed by atoms with van der Waals surface area (Å²) in [5, 5.41) is 6.03. The molecular formula is C12H12F3N3O. The first-order chi connectivity index (χ1) is 9.05. The van der Waals surface area contributed by atoms with Gasteiger partial charge < -0.3 is 9.84 Å². The molecule has 19 heavy (non-hydrogen) atoms. The molecule has 1 aromatic heterocycles. The van der Waals surface area contributed by atoms with Crippen LogP contribution in [-0.2, 0) is 12.6 Å². The molecule has 1 heterocycles. The second-order valence-electron chi connectivity index (χ2n) is 3.91. The van der Waals surface area contributed by atoms with Crippen LogP contribution in [0.3, 0.4) is 0 Å². The normalized spacial score (nSPS) is 11.5. The monoisotopic (exact) mass is 271 g/mol. The number of nitrogens with zero attached hydrogens (tertiary/aromatic N) is 2. The van der Waals surface area contributed by atoms with Crippen LogP contribution in [0, 0.1) is 0 Å². The number of aryl methyl sites for hydroxylation is 1. The Morgan fingerprint density at radius 1 is 1.16 bits per heavy atom. The van der Waals surface area contributed by atoms with Crippen LogP contribution in [-0.4, -0.2) is 16.7 Å². The number of hydrogen-bond donors (Lipinski definition) is 1. The van der Waals surface area contributed by atoms with Crippen molar-refractivity contribution in [1.29, 1.82) is 0 Å². The minimum absolute atomic E-state index is 0.00202. The molecule has 2 aromatic rings. The molecule has 102 valence electrons. The van der Waals surface area contributed by atoms with Gasteiger partial charge in [-0.3, -0.25) is 0 Å². The molecule has 0 fully saturated rings. The highest BCUT2D eigenvalue weighted by Crippen LogP contribution is 2.26. The van der Waals surface area contributed by atoms with Gasteiger partial charge in [0.1, 0.15) is 0 Å². The number of anilines is 1. The maximum atomic E-state index is 12.2. The Morgan fingerprint density at radius 3 is 2.53 bits per heavy atom. The SMILES string of the molecule is FC(F)(F)c1noc(CCCNc2ccccc2)n1. The third-order valence-corrected chi connectivity index (χ3v) is 2.39. The first kappa shape index (κ1) is 13.4. The highest BCUT2D eigenvalue weighted by Gasteiger charge is 2.37. The van der Waals surface area contributed by atoms with Crippen molar-refractivity contribution in [2.45, 2.75) is 19.0 Å². The Labute approximate surface area is 107 Å². The predicted molar refractivity (Wildman–Crippen MR) is 62.6 cm³/mol. The summed E-state index contributed by atoms with van der Waals surface area (Å²) in [5.74, 6) is -1.22. The van der Waals surface area contributed by atoms with E-state index in [-0.39, 0.29) is 5.89 Å². The maximum absolute atomic E-state index is 12.2. The molecular weight excluding hydrogens is 259 g/mol. The lowest BCUT2D eigenvalue weighted by Gasteiger charge is -2.03. The second-order valence-corrected chi connectivity index (χ2v) is 3.91. The lowest BCUT2D eigenvalue weighted by molar-refractivity contribution is -0.146. The van der Waals surface area contributed by atoms with Gasteiger partial charge in [-0.15, -0.1) is 0 Å². The van der Waals surface area contributed by atoms with Crippen LogP contribution in [0.5, 0.6) is 0 Å². The van der Waals surface area contributed by atoms with Crippen LogP contribution < -0.4 is 5.32 Å². The highest BCUT2D eigenvalue weighted by atomic mass is 19.4. The van der Waals surface area contributed by atoms with Gasteiger partial charge in [0.15, 0.2) is 0 Å². The van der Waals surface area contributed by atoms with E-state index in [1.54, 1.807) is 0 Å². The number of benzene rings is 1. The van der Waals surface area contributed by atoms with Crippen molar-refractivity contribution in [2.24, 2.45) is 0 Å². The van der Waals surface area contributed by atoms with Gasteiger partial charge in [0.2, 0.25) is 5.89 Å². The van der Waals surface area contributed by atoms with Gasteiger partial charge in [0, 0.05) is 18.7 Å². The average molecular weight is 271 g/mol. The third kappa shape index (κ3) is 3.97. The Morgan fingerprint density at radius 2 is 1.89 bits per heavy atom. The summed E-state index contributed by atoms with van der Waals surface area (Å²) in [6, 6.07) is 9.52. The summed E-state index contributed by atoms with van der Waals surface area (Å²) in [4.78, 5) is 3.30. The van der Waals surface area contributed by atoms with Crippen molar-refractivity contribution in [1.82, 2.24) is 10.1 Å². The van der Waals surface area contributed by atoms with Gasteiger partial charge in [-0.25, -0.2) is 0 Å². The molecule has 7 heteroatoms. The fourth-order valence-corrected chi connectivity index (χ4v) is 1.50. The van der Waals surface area contributed by atoms with E-state index < -0.39 is 12.0 Å². The van der Waals surface area contributed by atoms with E-state index in [0.717, 1.165) is 5.69 Å². The summed E-state index contributed by atoms with van der Waals surface area (Å²) < 4.78 is 41.2. The number of rotatable bonds is 5. The van der Waals surface area contributed by atoms with E-state index in [9.17, 15) is 13.2 Å². The van der Waals surface area contributed by atoms with Crippen molar-refractivity contribution in [2.75, 3.05) is 11.9 Å². The minimum Gasteiger partial charge on any atom is -0.385 e. The predicted octanol–water partition coefficient (Wildman–Crippen LogP) is 3.13. The topological polar surface area (TPSA) is 51.0 Å². The number of hydrogen-bond acceptors (Lipinski definition) is 4. The van der Waals surface area contributed by atoms with Gasteiger partial charge in [-0.2, -0.15) is 18.2 Å². The molecule has 0 atom stereocenters. The van der Waals surface area contributed by atoms with Gasteiger partial charge in [0.05, 0.1) is 0 Å². The fourth-order valence-electron chi connectivity index (χ4n) is 1.50. The molecule has 0 radical (unpaired) electrons. The second kappa shape index (κ2) is 5.73. The zero-order valence-electron chi connectivity index (χ0n) is 9.94. The first-order valence-electron chi connectivity index (χ1n) is 5.74. The summed E-state index contributed by atoms with van der Waals surface area (Å²) in [6.45, 7) is 0.619. The number of aromatic nitrogens is 2. The van der Waals surface area contributed by atoms with Crippen LogP contribution in [0.25, 0.3) is 0 Å². The molecule has 0 bridgehead atoms. The van der Waals surface area contributed by atoms with Crippen molar-refractivity contribution < 1.29 is 17.7 Å². The Bertz CT molecular complexity index is 510. The molecule has 0 amide bonds. The van der Waals surface area contributed by atoms with E-state index in [0.29, 0.717) is 19.4 Å². The molecule has 1 aromatic carbocycles. The molecule has 2 rings (SSSR count). The lowest BCUT2D eigenvalue weighted by Crippen LogP contribution is -2.07. The standard InChI is InChI=1S/C12H12F3N3O/c13-12(14,15)11-17-10(19-18-11)7-4-8-16-9-5-2-1-3-6-9/h1-3,5-6,16H,4,7-8H2. The Hall–Kier alpha value is -2.05. The number of para-hydroxylation sites is 1. The number of nitrogens with one attached hydrogen (secondary N) is 1. The molecule has 0 aliphatic carbocycles. The van der Waals surface area contributed by atoms with Crippen LogP contribution >= 0.6 is 0 Å². The van der Waals surface area contributed by atoms with Gasteiger partial charge in [0.25, 0.3) is 5.82 Å². The van der Waals surface area contributed by atoms with Crippen LogP contribution in [0.4, 0.5) is 18.9 Å². The maximum Gasteiger partial charge on any atom is 0.455 e. The van der Waals surface area contributed by atoms with E-state index >= 15 is 0 Å². The molecule has 0 aliphatic rings. The molecule has 0 spiro atoms. The molecule has 0 aliphatic heterocycles. The van der Waals surface area contributed by atoms with Crippen molar-refractivity contribution in [3.05, 3.63) is 42.0 Å². The van der Waals surface area contributed by atoms with Crippen LogP contribution in [0.2, 0.25) is 0 Å². The summed E-state index contributed by atoms with van der Waals surface area (Å²) in [7, 11) is 0. The zero-order chi connectivity index (χ0) is 13.7.